The molecular weight excluding hydrogens is 372 g/mol. The molecule has 28 heavy (non-hydrogen) atoms. The van der Waals surface area contributed by atoms with Crippen LogP contribution in [0.5, 0.6) is 0 Å². The van der Waals surface area contributed by atoms with Crippen LogP contribution in [0.1, 0.15) is 42.7 Å². The molecule has 2 aromatic rings. The molecule has 2 aliphatic rings. The summed E-state index contributed by atoms with van der Waals surface area (Å²) in [5, 5.41) is 16.3. The number of carbonyl (C=O) groups is 2. The molecule has 0 saturated carbocycles. The number of para-hydroxylation sites is 2. The van der Waals surface area contributed by atoms with Gasteiger partial charge in [-0.25, -0.2) is 0 Å². The van der Waals surface area contributed by atoms with E-state index in [1.807, 2.05) is 24.3 Å². The van der Waals surface area contributed by atoms with Gasteiger partial charge in [0.2, 0.25) is 5.91 Å². The molecule has 2 N–H and O–H groups in total. The van der Waals surface area contributed by atoms with Crippen LogP contribution in [0.2, 0.25) is 0 Å². The summed E-state index contributed by atoms with van der Waals surface area (Å²) in [5.41, 5.74) is 2.38. The van der Waals surface area contributed by atoms with E-state index >= 15 is 0 Å². The van der Waals surface area contributed by atoms with Crippen LogP contribution in [-0.4, -0.2) is 23.9 Å². The molecule has 1 aliphatic carbocycles. The van der Waals surface area contributed by atoms with Crippen molar-refractivity contribution in [1.29, 1.82) is 5.26 Å². The van der Waals surface area contributed by atoms with Crippen molar-refractivity contribution in [2.75, 3.05) is 22.1 Å². The number of benzene rings is 1. The lowest BCUT2D eigenvalue weighted by molar-refractivity contribution is -0.124. The summed E-state index contributed by atoms with van der Waals surface area (Å²) < 4.78 is 0. The second kappa shape index (κ2) is 6.95. The Kier molecular flexibility index (Phi) is 4.60. The van der Waals surface area contributed by atoms with Gasteiger partial charge in [0.25, 0.3) is 5.91 Å². The molecule has 0 radical (unpaired) electrons. The van der Waals surface area contributed by atoms with E-state index < -0.39 is 5.54 Å². The number of aryl methyl sites for hydroxylation is 1. The number of hydrogen-bond donors (Lipinski definition) is 2. The lowest BCUT2D eigenvalue weighted by Crippen LogP contribution is -2.55. The molecule has 4 rings (SSSR count). The van der Waals surface area contributed by atoms with Crippen molar-refractivity contribution in [2.24, 2.45) is 0 Å². The van der Waals surface area contributed by atoms with E-state index in [4.69, 9.17) is 0 Å². The van der Waals surface area contributed by atoms with Gasteiger partial charge in [0.1, 0.15) is 23.2 Å². The van der Waals surface area contributed by atoms with E-state index in [-0.39, 0.29) is 18.4 Å². The smallest absolute Gasteiger partial charge is 0.252 e. The second-order valence-corrected chi connectivity index (χ2v) is 8.84. The zero-order chi connectivity index (χ0) is 19.9. The first-order valence-electron chi connectivity index (χ1n) is 9.44. The van der Waals surface area contributed by atoms with Crippen LogP contribution in [0.15, 0.2) is 24.3 Å². The second-order valence-electron chi connectivity index (χ2n) is 7.73. The average Bonchev–Trinajstić information content (AvgIpc) is 3.02. The lowest BCUT2D eigenvalue weighted by atomic mass is 9.96. The van der Waals surface area contributed by atoms with Crippen molar-refractivity contribution in [3.63, 3.8) is 0 Å². The van der Waals surface area contributed by atoms with Gasteiger partial charge >= 0.3 is 0 Å². The number of nitrogens with one attached hydrogen (secondary N) is 2. The molecule has 2 heterocycles. The summed E-state index contributed by atoms with van der Waals surface area (Å²) in [6.07, 6.45) is 4.05. The highest BCUT2D eigenvalue weighted by atomic mass is 32.1. The normalized spacial score (nSPS) is 17.2. The summed E-state index contributed by atoms with van der Waals surface area (Å²) in [6.45, 7) is 3.52. The largest absolute Gasteiger partial charge is 0.370 e. The van der Waals surface area contributed by atoms with E-state index in [0.29, 0.717) is 16.3 Å². The maximum absolute atomic E-state index is 12.9. The van der Waals surface area contributed by atoms with E-state index in [2.05, 4.69) is 16.7 Å². The summed E-state index contributed by atoms with van der Waals surface area (Å²) in [4.78, 5) is 28.4. The predicted molar refractivity (Wildman–Crippen MR) is 111 cm³/mol. The van der Waals surface area contributed by atoms with Crippen LogP contribution in [-0.2, 0) is 22.4 Å². The first kappa shape index (κ1) is 18.5. The van der Waals surface area contributed by atoms with Gasteiger partial charge in [0.05, 0.1) is 16.9 Å². The fraction of sp³-hybridized carbons (Fsp3) is 0.381. The molecule has 0 bridgehead atoms. The van der Waals surface area contributed by atoms with Crippen LogP contribution in [0.4, 0.5) is 16.4 Å². The van der Waals surface area contributed by atoms with E-state index in [1.165, 1.54) is 21.1 Å². The molecule has 0 saturated heterocycles. The minimum absolute atomic E-state index is 0.0889. The van der Waals surface area contributed by atoms with Crippen molar-refractivity contribution in [3.8, 4) is 6.07 Å². The zero-order valence-corrected chi connectivity index (χ0v) is 16.8. The Morgan fingerprint density at radius 2 is 2.07 bits per heavy atom. The molecule has 1 aromatic carbocycles. The fourth-order valence-electron chi connectivity index (χ4n) is 3.89. The Morgan fingerprint density at radius 3 is 2.86 bits per heavy atom. The maximum atomic E-state index is 12.9. The number of rotatable bonds is 3. The standard InChI is InChI=1S/C21H22N4O2S/c1-21(2)20(27)25(16-9-5-4-8-15(16)24-21)12-18(26)23-19-14(11-22)13-7-3-6-10-17(13)28-19/h4-5,8-9,24H,3,6-7,10,12H2,1-2H3,(H,23,26). The number of amides is 2. The molecule has 6 nitrogen and oxygen atoms in total. The van der Waals surface area contributed by atoms with Crippen molar-refractivity contribution >= 4 is 39.5 Å². The molecule has 7 heteroatoms. The van der Waals surface area contributed by atoms with Crippen LogP contribution < -0.4 is 15.5 Å². The third-order valence-electron chi connectivity index (χ3n) is 5.26. The van der Waals surface area contributed by atoms with E-state index in [9.17, 15) is 14.9 Å². The Labute approximate surface area is 168 Å². The zero-order valence-electron chi connectivity index (χ0n) is 16.0. The van der Waals surface area contributed by atoms with Gasteiger partial charge in [0.15, 0.2) is 0 Å². The molecule has 2 amide bonds. The van der Waals surface area contributed by atoms with E-state index in [1.54, 1.807) is 13.8 Å². The summed E-state index contributed by atoms with van der Waals surface area (Å²) >= 11 is 1.49. The van der Waals surface area contributed by atoms with E-state index in [0.717, 1.165) is 36.9 Å². The maximum Gasteiger partial charge on any atom is 0.252 e. The number of anilines is 3. The Bertz CT molecular complexity index is 1000. The van der Waals surface area contributed by atoms with Crippen molar-refractivity contribution in [2.45, 2.75) is 45.1 Å². The quantitative estimate of drug-likeness (QED) is 0.832. The Morgan fingerprint density at radius 1 is 1.32 bits per heavy atom. The number of hydrogen-bond acceptors (Lipinski definition) is 5. The van der Waals surface area contributed by atoms with Crippen molar-refractivity contribution < 1.29 is 9.59 Å². The summed E-state index contributed by atoms with van der Waals surface area (Å²) in [6, 6.07) is 9.72. The minimum Gasteiger partial charge on any atom is -0.370 e. The third-order valence-corrected chi connectivity index (χ3v) is 6.47. The predicted octanol–water partition coefficient (Wildman–Crippen LogP) is 3.67. The first-order valence-corrected chi connectivity index (χ1v) is 10.3. The highest BCUT2D eigenvalue weighted by molar-refractivity contribution is 7.16. The Hall–Kier alpha value is -2.85. The van der Waals surface area contributed by atoms with Gasteiger partial charge < -0.3 is 10.6 Å². The number of nitriles is 1. The van der Waals surface area contributed by atoms with Crippen molar-refractivity contribution in [3.05, 3.63) is 40.3 Å². The lowest BCUT2D eigenvalue weighted by Gasteiger charge is -2.39. The van der Waals surface area contributed by atoms with Crippen LogP contribution in [0, 0.1) is 11.3 Å². The monoisotopic (exact) mass is 394 g/mol. The first-order chi connectivity index (χ1) is 13.4. The van der Waals surface area contributed by atoms with Crippen LogP contribution >= 0.6 is 11.3 Å². The molecule has 0 unspecified atom stereocenters. The number of nitrogens with zero attached hydrogens (tertiary/aromatic N) is 2. The minimum atomic E-state index is -0.797. The highest BCUT2D eigenvalue weighted by Gasteiger charge is 2.39. The molecule has 0 atom stereocenters. The average molecular weight is 395 g/mol. The summed E-state index contributed by atoms with van der Waals surface area (Å²) in [5.74, 6) is -0.455. The number of carbonyl (C=O) groups excluding carboxylic acids is 2. The SMILES string of the molecule is CC1(C)Nc2ccccc2N(CC(=O)Nc2sc3c(c2C#N)CCCC3)C1=O. The number of fused-ring (bicyclic) bond motifs is 2. The molecule has 1 aromatic heterocycles. The Balaban J connectivity index is 1.58. The molecule has 0 fully saturated rings. The number of thiophene rings is 1. The molecule has 0 spiro atoms. The fourth-order valence-corrected chi connectivity index (χ4v) is 5.15. The third kappa shape index (κ3) is 3.14. The van der Waals surface area contributed by atoms with Gasteiger partial charge in [-0.1, -0.05) is 12.1 Å². The van der Waals surface area contributed by atoms with Gasteiger partial charge in [-0.2, -0.15) is 5.26 Å². The van der Waals surface area contributed by atoms with Crippen LogP contribution in [0.25, 0.3) is 0 Å². The van der Waals surface area contributed by atoms with Gasteiger partial charge in [-0.3, -0.25) is 14.5 Å². The molecule has 1 aliphatic heterocycles. The summed E-state index contributed by atoms with van der Waals surface area (Å²) in [7, 11) is 0. The van der Waals surface area contributed by atoms with Crippen molar-refractivity contribution in [1.82, 2.24) is 0 Å². The van der Waals surface area contributed by atoms with Gasteiger partial charge in [-0.05, 0) is 57.2 Å². The van der Waals surface area contributed by atoms with Crippen LogP contribution in [0.3, 0.4) is 0 Å². The van der Waals surface area contributed by atoms with Gasteiger partial charge in [-0.15, -0.1) is 11.3 Å². The topological polar surface area (TPSA) is 85.2 Å². The molecular formula is C21H22N4O2S. The highest BCUT2D eigenvalue weighted by Crippen LogP contribution is 2.38. The van der Waals surface area contributed by atoms with Gasteiger partial charge in [0, 0.05) is 4.88 Å². The molecule has 144 valence electrons.